The van der Waals surface area contributed by atoms with Crippen LogP contribution in [0.4, 0.5) is 5.82 Å². The van der Waals surface area contributed by atoms with E-state index in [1.807, 2.05) is 23.1 Å². The molecule has 7 nitrogen and oxygen atoms in total. The van der Waals surface area contributed by atoms with Crippen LogP contribution in [0.25, 0.3) is 0 Å². The predicted molar refractivity (Wildman–Crippen MR) is 146 cm³/mol. The Hall–Kier alpha value is -4.26. The Labute approximate surface area is 222 Å². The first-order valence-electron chi connectivity index (χ1n) is 13.3. The molecule has 192 valence electrons. The van der Waals surface area contributed by atoms with Crippen molar-refractivity contribution in [3.8, 4) is 0 Å². The number of nitrogens with zero attached hydrogens (tertiary/aromatic N) is 4. The largest absolute Gasteiger partial charge is 0.338 e. The molecule has 1 fully saturated rings. The number of nitrogens with one attached hydrogen (secondary N) is 1. The highest BCUT2D eigenvalue weighted by Gasteiger charge is 2.42. The van der Waals surface area contributed by atoms with Crippen molar-refractivity contribution in [1.29, 1.82) is 0 Å². The number of likely N-dealkylation sites (tertiary alicyclic amines) is 1. The Balaban J connectivity index is 1.22. The number of amides is 2. The lowest BCUT2D eigenvalue weighted by atomic mass is 9.74. The van der Waals surface area contributed by atoms with Crippen LogP contribution in [-0.2, 0) is 24.8 Å². The quantitative estimate of drug-likeness (QED) is 0.405. The van der Waals surface area contributed by atoms with E-state index >= 15 is 0 Å². The maximum Gasteiger partial charge on any atom is 0.259 e. The molecule has 1 aliphatic carbocycles. The van der Waals surface area contributed by atoms with Gasteiger partial charge in [-0.1, -0.05) is 54.6 Å². The summed E-state index contributed by atoms with van der Waals surface area (Å²) in [7, 11) is 0. The molecule has 0 saturated carbocycles. The number of aromatic nitrogens is 3. The van der Waals surface area contributed by atoms with Crippen LogP contribution in [0.3, 0.4) is 0 Å². The van der Waals surface area contributed by atoms with Crippen molar-refractivity contribution < 1.29 is 9.59 Å². The highest BCUT2D eigenvalue weighted by molar-refractivity contribution is 6.08. The van der Waals surface area contributed by atoms with Crippen LogP contribution in [-0.4, -0.2) is 44.6 Å². The van der Waals surface area contributed by atoms with E-state index in [1.165, 1.54) is 22.9 Å². The minimum Gasteiger partial charge on any atom is -0.338 e. The smallest absolute Gasteiger partial charge is 0.259 e. The number of piperidine rings is 1. The Bertz CT molecular complexity index is 1440. The van der Waals surface area contributed by atoms with E-state index in [0.717, 1.165) is 32.1 Å². The third-order valence-electron chi connectivity index (χ3n) is 8.15. The van der Waals surface area contributed by atoms with Gasteiger partial charge in [0.1, 0.15) is 11.4 Å². The Morgan fingerprint density at radius 2 is 1.68 bits per heavy atom. The lowest BCUT2D eigenvalue weighted by molar-refractivity contribution is 0.0667. The molecule has 0 unspecified atom stereocenters. The van der Waals surface area contributed by atoms with E-state index in [1.54, 1.807) is 29.2 Å². The number of hydrogen-bond donors (Lipinski definition) is 1. The van der Waals surface area contributed by atoms with Crippen LogP contribution < -0.4 is 5.32 Å². The van der Waals surface area contributed by atoms with Crippen LogP contribution in [0.1, 0.15) is 56.7 Å². The molecule has 38 heavy (non-hydrogen) atoms. The minimum absolute atomic E-state index is 0.0846. The van der Waals surface area contributed by atoms with Gasteiger partial charge in [-0.05, 0) is 66.3 Å². The molecule has 2 aromatic heterocycles. The summed E-state index contributed by atoms with van der Waals surface area (Å²) in [5, 5.41) is 7.50. The Kier molecular flexibility index (Phi) is 6.50. The average molecular weight is 506 g/mol. The summed E-state index contributed by atoms with van der Waals surface area (Å²) in [6, 6.07) is 22.3. The van der Waals surface area contributed by atoms with Crippen molar-refractivity contribution in [3.05, 3.63) is 113 Å². The Morgan fingerprint density at radius 1 is 0.895 bits per heavy atom. The molecule has 2 aliphatic rings. The highest BCUT2D eigenvalue weighted by Crippen LogP contribution is 2.46. The topological polar surface area (TPSA) is 80.1 Å². The van der Waals surface area contributed by atoms with E-state index in [-0.39, 0.29) is 17.2 Å². The van der Waals surface area contributed by atoms with Gasteiger partial charge >= 0.3 is 0 Å². The molecule has 1 saturated heterocycles. The van der Waals surface area contributed by atoms with Gasteiger partial charge in [-0.3, -0.25) is 14.6 Å². The van der Waals surface area contributed by atoms with Gasteiger partial charge in [-0.15, -0.1) is 0 Å². The van der Waals surface area contributed by atoms with Crippen LogP contribution in [0.5, 0.6) is 0 Å². The number of rotatable bonds is 6. The SMILES string of the molecule is O=C(Nc1c(C(=O)N2CCC3(CCc4ccccc43)CC2)cnn1CCc1ccccc1)c1cccnc1. The lowest BCUT2D eigenvalue weighted by Gasteiger charge is -2.40. The normalized spacial score (nSPS) is 15.8. The van der Waals surface area contributed by atoms with Gasteiger partial charge in [0.15, 0.2) is 0 Å². The van der Waals surface area contributed by atoms with Crippen LogP contribution in [0, 0.1) is 0 Å². The van der Waals surface area contributed by atoms with Crippen molar-refractivity contribution in [2.24, 2.45) is 0 Å². The van der Waals surface area contributed by atoms with Crippen LogP contribution in [0.15, 0.2) is 85.3 Å². The summed E-state index contributed by atoms with van der Waals surface area (Å²) < 4.78 is 1.73. The fraction of sp³-hybridized carbons (Fsp3) is 0.290. The molecule has 3 heterocycles. The first-order valence-corrected chi connectivity index (χ1v) is 13.3. The number of fused-ring (bicyclic) bond motifs is 2. The molecule has 0 atom stereocenters. The van der Waals surface area contributed by atoms with Gasteiger partial charge in [0, 0.05) is 32.0 Å². The molecule has 4 aromatic rings. The summed E-state index contributed by atoms with van der Waals surface area (Å²) in [5.74, 6) is 0.0404. The fourth-order valence-corrected chi connectivity index (χ4v) is 5.99. The van der Waals surface area contributed by atoms with Crippen molar-refractivity contribution in [3.63, 3.8) is 0 Å². The second-order valence-corrected chi connectivity index (χ2v) is 10.3. The Morgan fingerprint density at radius 3 is 2.47 bits per heavy atom. The highest BCUT2D eigenvalue weighted by atomic mass is 16.2. The van der Waals surface area contributed by atoms with Crippen molar-refractivity contribution in [2.45, 2.75) is 44.1 Å². The standard InChI is InChI=1S/C31H31N5O2/c37-29(25-10-6-17-32-21-25)34-28-26(22-33-36(28)18-13-23-7-2-1-3-8-23)30(38)35-19-15-31(16-20-35)14-12-24-9-4-5-11-27(24)31/h1-11,17,21-22H,12-16,18-20H2,(H,34,37). The maximum absolute atomic E-state index is 13.8. The van der Waals surface area contributed by atoms with E-state index in [9.17, 15) is 9.59 Å². The second-order valence-electron chi connectivity index (χ2n) is 10.3. The molecule has 1 spiro atoms. The molecular formula is C31H31N5O2. The number of carbonyl (C=O) groups is 2. The van der Waals surface area contributed by atoms with Crippen molar-refractivity contribution in [2.75, 3.05) is 18.4 Å². The molecule has 1 N–H and O–H groups in total. The first kappa shape index (κ1) is 24.1. The summed E-state index contributed by atoms with van der Waals surface area (Å²) in [5.41, 5.74) is 5.11. The summed E-state index contributed by atoms with van der Waals surface area (Å²) in [4.78, 5) is 32.8. The lowest BCUT2D eigenvalue weighted by Crippen LogP contribution is -2.44. The van der Waals surface area contributed by atoms with Gasteiger partial charge in [0.25, 0.3) is 11.8 Å². The average Bonchev–Trinajstić information content (AvgIpc) is 3.54. The third-order valence-corrected chi connectivity index (χ3v) is 8.15. The number of benzene rings is 2. The van der Waals surface area contributed by atoms with Gasteiger partial charge in [0.05, 0.1) is 11.8 Å². The number of hydrogen-bond acceptors (Lipinski definition) is 4. The van der Waals surface area contributed by atoms with Gasteiger partial charge in [-0.25, -0.2) is 4.68 Å². The summed E-state index contributed by atoms with van der Waals surface area (Å²) in [6.07, 6.45) is 9.65. The van der Waals surface area contributed by atoms with Crippen LogP contribution >= 0.6 is 0 Å². The monoisotopic (exact) mass is 505 g/mol. The van der Waals surface area contributed by atoms with Gasteiger partial charge in [0.2, 0.25) is 0 Å². The second kappa shape index (κ2) is 10.2. The number of anilines is 1. The molecule has 0 bridgehead atoms. The molecule has 7 heteroatoms. The minimum atomic E-state index is -0.311. The molecule has 1 aliphatic heterocycles. The van der Waals surface area contributed by atoms with Gasteiger partial charge in [-0.2, -0.15) is 5.10 Å². The zero-order valence-corrected chi connectivity index (χ0v) is 21.3. The summed E-state index contributed by atoms with van der Waals surface area (Å²) >= 11 is 0. The summed E-state index contributed by atoms with van der Waals surface area (Å²) in [6.45, 7) is 1.93. The fourth-order valence-electron chi connectivity index (χ4n) is 5.99. The van der Waals surface area contributed by atoms with Crippen molar-refractivity contribution in [1.82, 2.24) is 19.7 Å². The van der Waals surface area contributed by atoms with E-state index in [0.29, 0.717) is 36.6 Å². The number of aryl methyl sites for hydroxylation is 3. The maximum atomic E-state index is 13.8. The molecule has 2 aromatic carbocycles. The number of carbonyl (C=O) groups excluding carboxylic acids is 2. The first-order chi connectivity index (χ1) is 18.6. The molecule has 6 rings (SSSR count). The van der Waals surface area contributed by atoms with Crippen LogP contribution in [0.2, 0.25) is 0 Å². The van der Waals surface area contributed by atoms with E-state index in [4.69, 9.17) is 0 Å². The zero-order valence-electron chi connectivity index (χ0n) is 21.3. The molecule has 2 amide bonds. The predicted octanol–water partition coefficient (Wildman–Crippen LogP) is 4.89. The molecule has 0 radical (unpaired) electrons. The third kappa shape index (κ3) is 4.60. The van der Waals surface area contributed by atoms with Crippen molar-refractivity contribution >= 4 is 17.6 Å². The van der Waals surface area contributed by atoms with E-state index < -0.39 is 0 Å². The number of pyridine rings is 1. The zero-order chi connectivity index (χ0) is 26.0. The van der Waals surface area contributed by atoms with E-state index in [2.05, 4.69) is 51.8 Å². The van der Waals surface area contributed by atoms with Gasteiger partial charge < -0.3 is 10.2 Å². The molecular weight excluding hydrogens is 474 g/mol.